The summed E-state index contributed by atoms with van der Waals surface area (Å²) >= 11 is 1.52. The van der Waals surface area contributed by atoms with E-state index >= 15 is 0 Å². The summed E-state index contributed by atoms with van der Waals surface area (Å²) in [5.41, 5.74) is 4.83. The molecule has 7 nitrogen and oxygen atoms in total. The Balaban J connectivity index is 1.63. The van der Waals surface area contributed by atoms with E-state index in [9.17, 15) is 9.59 Å². The number of nitrogens with one attached hydrogen (secondary N) is 1. The zero-order chi connectivity index (χ0) is 27.9. The molecule has 0 saturated heterocycles. The second-order valence-electron chi connectivity index (χ2n) is 11.2. The maximum atomic E-state index is 12.9. The molecule has 1 aromatic heterocycles. The number of thiophene rings is 1. The molecule has 0 radical (unpaired) electrons. The van der Waals surface area contributed by atoms with E-state index in [2.05, 4.69) is 39.1 Å². The fourth-order valence-corrected chi connectivity index (χ4v) is 6.09. The molecule has 39 heavy (non-hydrogen) atoms. The fraction of sp³-hybridized carbons (Fsp3) is 0.387. The molecule has 3 heterocycles. The van der Waals surface area contributed by atoms with Gasteiger partial charge in [-0.15, -0.1) is 11.3 Å². The van der Waals surface area contributed by atoms with Crippen molar-refractivity contribution in [1.82, 2.24) is 0 Å². The minimum absolute atomic E-state index is 0.205. The number of benzene rings is 2. The third-order valence-corrected chi connectivity index (χ3v) is 7.74. The Kier molecular flexibility index (Phi) is 7.01. The third-order valence-electron chi connectivity index (χ3n) is 6.87. The summed E-state index contributed by atoms with van der Waals surface area (Å²) in [6.07, 6.45) is 1.69. The first-order valence-corrected chi connectivity index (χ1v) is 14.0. The van der Waals surface area contributed by atoms with Gasteiger partial charge in [0, 0.05) is 28.0 Å². The molecule has 2 aliphatic rings. The van der Waals surface area contributed by atoms with Crippen LogP contribution in [0.1, 0.15) is 72.1 Å². The van der Waals surface area contributed by atoms with Crippen LogP contribution in [0.25, 0.3) is 0 Å². The number of aliphatic imine (C=N–C) groups is 1. The first-order chi connectivity index (χ1) is 18.5. The predicted molar refractivity (Wildman–Crippen MR) is 154 cm³/mol. The quantitative estimate of drug-likeness (QED) is 0.368. The SMILES string of the molecule is CCOc1cc2c(c3c1OC(C)(C)C3)C(c1ccc(C(=O)OC)c(NC(=O)Cc3cccs3)c1)=NC(C)(C)C2. The van der Waals surface area contributed by atoms with Gasteiger partial charge in [0.1, 0.15) is 5.60 Å². The number of methoxy groups -OCH3 is 1. The monoisotopic (exact) mass is 546 g/mol. The summed E-state index contributed by atoms with van der Waals surface area (Å²) in [5, 5.41) is 4.88. The number of rotatable bonds is 7. The first kappa shape index (κ1) is 26.9. The molecule has 8 heteroatoms. The van der Waals surface area contributed by atoms with Gasteiger partial charge in [-0.1, -0.05) is 12.1 Å². The van der Waals surface area contributed by atoms with Gasteiger partial charge < -0.3 is 19.5 Å². The van der Waals surface area contributed by atoms with E-state index in [0.717, 1.165) is 57.2 Å². The topological polar surface area (TPSA) is 86.2 Å². The summed E-state index contributed by atoms with van der Waals surface area (Å²) in [6, 6.07) is 11.3. The van der Waals surface area contributed by atoms with Crippen LogP contribution in [0, 0.1) is 0 Å². The molecule has 204 valence electrons. The zero-order valence-electron chi connectivity index (χ0n) is 23.3. The normalized spacial score (nSPS) is 16.4. The highest BCUT2D eigenvalue weighted by Crippen LogP contribution is 2.48. The van der Waals surface area contributed by atoms with Crippen LogP contribution >= 0.6 is 11.3 Å². The molecular formula is C31H34N2O5S. The van der Waals surface area contributed by atoms with Gasteiger partial charge in [0.25, 0.3) is 0 Å². The number of nitrogens with zero attached hydrogens (tertiary/aromatic N) is 1. The number of carbonyl (C=O) groups excluding carboxylic acids is 2. The summed E-state index contributed by atoms with van der Waals surface area (Å²) in [4.78, 5) is 31.7. The number of hydrogen-bond donors (Lipinski definition) is 1. The van der Waals surface area contributed by atoms with Crippen LogP contribution in [0.2, 0.25) is 0 Å². The summed E-state index contributed by atoms with van der Waals surface area (Å²) < 4.78 is 17.4. The van der Waals surface area contributed by atoms with E-state index in [1.165, 1.54) is 18.4 Å². The van der Waals surface area contributed by atoms with E-state index in [1.807, 2.05) is 36.6 Å². The molecule has 1 amide bonds. The van der Waals surface area contributed by atoms with Crippen molar-refractivity contribution in [2.45, 2.75) is 65.0 Å². The van der Waals surface area contributed by atoms with E-state index in [4.69, 9.17) is 19.2 Å². The Labute approximate surface area is 233 Å². The molecule has 0 aliphatic carbocycles. The van der Waals surface area contributed by atoms with Gasteiger partial charge in [0.15, 0.2) is 11.5 Å². The fourth-order valence-electron chi connectivity index (χ4n) is 5.39. The van der Waals surface area contributed by atoms with Crippen LogP contribution < -0.4 is 14.8 Å². The molecule has 3 aromatic rings. The molecule has 0 atom stereocenters. The molecule has 0 spiro atoms. The number of hydrogen-bond acceptors (Lipinski definition) is 7. The van der Waals surface area contributed by atoms with Crippen molar-refractivity contribution >= 4 is 34.6 Å². The molecule has 2 aromatic carbocycles. The Morgan fingerprint density at radius 1 is 1.13 bits per heavy atom. The van der Waals surface area contributed by atoms with Gasteiger partial charge in [-0.05, 0) is 76.2 Å². The number of amides is 1. The molecule has 1 N–H and O–H groups in total. The lowest BCUT2D eigenvalue weighted by Crippen LogP contribution is -2.31. The number of fused-ring (bicyclic) bond motifs is 3. The van der Waals surface area contributed by atoms with Gasteiger partial charge in [-0.3, -0.25) is 9.79 Å². The number of esters is 1. The lowest BCUT2D eigenvalue weighted by molar-refractivity contribution is -0.115. The minimum Gasteiger partial charge on any atom is -0.490 e. The van der Waals surface area contributed by atoms with Crippen LogP contribution in [0.3, 0.4) is 0 Å². The Morgan fingerprint density at radius 3 is 2.62 bits per heavy atom. The third kappa shape index (κ3) is 5.43. The standard InChI is InChI=1S/C31H34N2O5S/c1-7-37-24-14-19-16-30(2,3)33-27(26(19)22-17-31(4,5)38-28(22)24)18-10-11-21(29(35)36-6)23(13-18)32-25(34)15-20-9-8-12-39-20/h8-14H,7,15-17H2,1-6H3,(H,32,34). The van der Waals surface area contributed by atoms with Crippen LogP contribution in [-0.4, -0.2) is 42.4 Å². The molecule has 0 bridgehead atoms. The van der Waals surface area contributed by atoms with E-state index < -0.39 is 5.97 Å². The van der Waals surface area contributed by atoms with Gasteiger partial charge in [0.2, 0.25) is 5.91 Å². The van der Waals surface area contributed by atoms with Crippen LogP contribution in [0.15, 0.2) is 46.8 Å². The van der Waals surface area contributed by atoms with Gasteiger partial charge in [-0.25, -0.2) is 4.79 Å². The maximum absolute atomic E-state index is 12.9. The lowest BCUT2D eigenvalue weighted by Gasteiger charge is -2.31. The highest BCUT2D eigenvalue weighted by atomic mass is 32.1. The number of anilines is 1. The number of ether oxygens (including phenoxy) is 3. The largest absolute Gasteiger partial charge is 0.490 e. The summed E-state index contributed by atoms with van der Waals surface area (Å²) in [7, 11) is 1.33. The van der Waals surface area contributed by atoms with Crippen LogP contribution in [-0.2, 0) is 28.8 Å². The van der Waals surface area contributed by atoms with Crippen molar-refractivity contribution in [3.63, 3.8) is 0 Å². The van der Waals surface area contributed by atoms with Crippen molar-refractivity contribution < 1.29 is 23.8 Å². The Hall–Kier alpha value is -3.65. The summed E-state index contributed by atoms with van der Waals surface area (Å²) in [6.45, 7) is 10.9. The Morgan fingerprint density at radius 2 is 1.92 bits per heavy atom. The second-order valence-corrected chi connectivity index (χ2v) is 12.2. The highest BCUT2D eigenvalue weighted by Gasteiger charge is 2.40. The van der Waals surface area contributed by atoms with E-state index in [1.54, 1.807) is 6.07 Å². The van der Waals surface area contributed by atoms with E-state index in [0.29, 0.717) is 12.3 Å². The first-order valence-electron chi connectivity index (χ1n) is 13.2. The average molecular weight is 547 g/mol. The average Bonchev–Trinajstić information content (AvgIpc) is 3.49. The molecule has 0 saturated carbocycles. The molecule has 2 aliphatic heterocycles. The van der Waals surface area contributed by atoms with E-state index in [-0.39, 0.29) is 29.0 Å². The van der Waals surface area contributed by atoms with Crippen molar-refractivity contribution in [3.05, 3.63) is 74.5 Å². The smallest absolute Gasteiger partial charge is 0.339 e. The van der Waals surface area contributed by atoms with Crippen molar-refractivity contribution in [2.24, 2.45) is 4.99 Å². The summed E-state index contributed by atoms with van der Waals surface area (Å²) in [5.74, 6) is 0.806. The van der Waals surface area contributed by atoms with Gasteiger partial charge in [-0.2, -0.15) is 0 Å². The molecular weight excluding hydrogens is 512 g/mol. The predicted octanol–water partition coefficient (Wildman–Crippen LogP) is 6.00. The van der Waals surface area contributed by atoms with Gasteiger partial charge >= 0.3 is 5.97 Å². The second kappa shape index (κ2) is 10.2. The van der Waals surface area contributed by atoms with Crippen LogP contribution in [0.4, 0.5) is 5.69 Å². The Bertz CT molecular complexity index is 1470. The molecule has 0 unspecified atom stereocenters. The molecule has 0 fully saturated rings. The minimum atomic E-state index is -0.517. The molecule has 5 rings (SSSR count). The zero-order valence-corrected chi connectivity index (χ0v) is 24.1. The lowest BCUT2D eigenvalue weighted by atomic mass is 9.80. The maximum Gasteiger partial charge on any atom is 0.339 e. The highest BCUT2D eigenvalue weighted by molar-refractivity contribution is 7.10. The van der Waals surface area contributed by atoms with Crippen molar-refractivity contribution in [1.29, 1.82) is 0 Å². The van der Waals surface area contributed by atoms with Crippen molar-refractivity contribution in [3.8, 4) is 11.5 Å². The van der Waals surface area contributed by atoms with Crippen molar-refractivity contribution in [2.75, 3.05) is 19.0 Å². The van der Waals surface area contributed by atoms with Gasteiger partial charge in [0.05, 0.1) is 42.6 Å². The van der Waals surface area contributed by atoms with Crippen LogP contribution in [0.5, 0.6) is 11.5 Å². The number of carbonyl (C=O) groups is 2.